The summed E-state index contributed by atoms with van der Waals surface area (Å²) in [6.45, 7) is 6.68. The molecule has 1 aromatic carbocycles. The maximum atomic E-state index is 2.37. The van der Waals surface area contributed by atoms with Gasteiger partial charge in [0.25, 0.3) is 0 Å². The highest BCUT2D eigenvalue weighted by atomic mass is 14.3. The van der Waals surface area contributed by atoms with Gasteiger partial charge in [0.15, 0.2) is 0 Å². The molecule has 0 aromatic heterocycles. The highest BCUT2D eigenvalue weighted by Crippen LogP contribution is 2.37. The van der Waals surface area contributed by atoms with Gasteiger partial charge in [0, 0.05) is 5.41 Å². The van der Waals surface area contributed by atoms with Crippen molar-refractivity contribution in [2.45, 2.75) is 39.0 Å². The summed E-state index contributed by atoms with van der Waals surface area (Å²) in [5.74, 6) is 0. The third-order valence-electron chi connectivity index (χ3n) is 3.70. The second-order valence-electron chi connectivity index (χ2n) is 4.82. The Morgan fingerprint density at radius 1 is 1.19 bits per heavy atom. The molecule has 0 fully saturated rings. The van der Waals surface area contributed by atoms with Crippen LogP contribution in [-0.4, -0.2) is 0 Å². The summed E-state index contributed by atoms with van der Waals surface area (Å²) in [7, 11) is 0. The number of hydrogen-bond donors (Lipinski definition) is 0. The lowest BCUT2D eigenvalue weighted by Gasteiger charge is -2.32. The quantitative estimate of drug-likeness (QED) is 0.678. The second kappa shape index (κ2) is 4.29. The Labute approximate surface area is 98.7 Å². The Morgan fingerprint density at radius 3 is 2.62 bits per heavy atom. The van der Waals surface area contributed by atoms with Gasteiger partial charge in [-0.05, 0) is 37.8 Å². The molecule has 16 heavy (non-hydrogen) atoms. The second-order valence-corrected chi connectivity index (χ2v) is 4.82. The Balaban J connectivity index is 2.52. The van der Waals surface area contributed by atoms with Crippen molar-refractivity contribution in [3.63, 3.8) is 0 Å². The van der Waals surface area contributed by atoms with Gasteiger partial charge in [-0.15, -0.1) is 0 Å². The summed E-state index contributed by atoms with van der Waals surface area (Å²) in [4.78, 5) is 0. The summed E-state index contributed by atoms with van der Waals surface area (Å²) in [6.07, 6.45) is 11.3. The van der Waals surface area contributed by atoms with Crippen LogP contribution in [0.25, 0.3) is 0 Å². The summed E-state index contributed by atoms with van der Waals surface area (Å²) in [5, 5.41) is 0. The van der Waals surface area contributed by atoms with E-state index in [1.807, 2.05) is 0 Å². The molecule has 0 N–H and O–H groups in total. The fourth-order valence-electron chi connectivity index (χ4n) is 2.59. The Bertz CT molecular complexity index is 437. The van der Waals surface area contributed by atoms with Gasteiger partial charge >= 0.3 is 0 Å². The van der Waals surface area contributed by atoms with Gasteiger partial charge in [0.1, 0.15) is 0 Å². The van der Waals surface area contributed by atoms with Gasteiger partial charge in [-0.3, -0.25) is 0 Å². The van der Waals surface area contributed by atoms with E-state index in [1.165, 1.54) is 16.7 Å². The molecule has 0 aliphatic heterocycles. The molecular weight excluding hydrogens is 192 g/mol. The number of aryl methyl sites for hydroxylation is 2. The third-order valence-corrected chi connectivity index (χ3v) is 3.70. The van der Waals surface area contributed by atoms with E-state index in [-0.39, 0.29) is 5.41 Å². The molecular formula is C16H20. The zero-order chi connectivity index (χ0) is 11.6. The van der Waals surface area contributed by atoms with Crippen molar-refractivity contribution in [3.8, 4) is 0 Å². The minimum atomic E-state index is 0.227. The molecule has 0 heterocycles. The first-order valence-corrected chi connectivity index (χ1v) is 6.10. The first kappa shape index (κ1) is 11.2. The highest BCUT2D eigenvalue weighted by Gasteiger charge is 2.28. The molecule has 1 atom stereocenters. The Kier molecular flexibility index (Phi) is 3.00. The van der Waals surface area contributed by atoms with E-state index in [4.69, 9.17) is 0 Å². The largest absolute Gasteiger partial charge is 0.0833 e. The van der Waals surface area contributed by atoms with Crippen LogP contribution in [0, 0.1) is 13.8 Å². The van der Waals surface area contributed by atoms with Gasteiger partial charge in [-0.25, -0.2) is 0 Å². The standard InChI is InChI=1S/C16H20/c1-4-16(10-6-5-7-11-16)15-12-13(2)8-9-14(15)3/h5-10,12H,4,11H2,1-3H3. The zero-order valence-corrected chi connectivity index (χ0v) is 10.5. The lowest BCUT2D eigenvalue weighted by Crippen LogP contribution is -2.24. The fourth-order valence-corrected chi connectivity index (χ4v) is 2.59. The first-order chi connectivity index (χ1) is 7.68. The van der Waals surface area contributed by atoms with Crippen LogP contribution in [0.3, 0.4) is 0 Å². The van der Waals surface area contributed by atoms with Crippen molar-refractivity contribution in [2.24, 2.45) is 0 Å². The van der Waals surface area contributed by atoms with E-state index in [0.717, 1.165) is 12.8 Å². The molecule has 0 saturated carbocycles. The van der Waals surface area contributed by atoms with Gasteiger partial charge in [0.2, 0.25) is 0 Å². The maximum Gasteiger partial charge on any atom is 0.0170 e. The van der Waals surface area contributed by atoms with Crippen LogP contribution in [0.5, 0.6) is 0 Å². The number of benzene rings is 1. The van der Waals surface area contributed by atoms with Gasteiger partial charge in [0.05, 0.1) is 0 Å². The predicted molar refractivity (Wildman–Crippen MR) is 70.8 cm³/mol. The summed E-state index contributed by atoms with van der Waals surface area (Å²) in [5.41, 5.74) is 4.49. The monoisotopic (exact) mass is 212 g/mol. The van der Waals surface area contributed by atoms with Crippen molar-refractivity contribution >= 4 is 0 Å². The average molecular weight is 212 g/mol. The minimum Gasteiger partial charge on any atom is -0.0833 e. The van der Waals surface area contributed by atoms with Crippen molar-refractivity contribution in [1.29, 1.82) is 0 Å². The highest BCUT2D eigenvalue weighted by molar-refractivity contribution is 5.42. The van der Waals surface area contributed by atoms with Crippen LogP contribution in [0.2, 0.25) is 0 Å². The molecule has 0 heteroatoms. The maximum absolute atomic E-state index is 2.37. The molecule has 0 nitrogen and oxygen atoms in total. The van der Waals surface area contributed by atoms with Crippen molar-refractivity contribution in [1.82, 2.24) is 0 Å². The van der Waals surface area contributed by atoms with Gasteiger partial charge < -0.3 is 0 Å². The lowest BCUT2D eigenvalue weighted by molar-refractivity contribution is 0.515. The van der Waals surface area contributed by atoms with E-state index >= 15 is 0 Å². The van der Waals surface area contributed by atoms with E-state index in [0.29, 0.717) is 0 Å². The molecule has 0 spiro atoms. The molecule has 0 saturated heterocycles. The first-order valence-electron chi connectivity index (χ1n) is 6.10. The van der Waals surface area contributed by atoms with E-state index in [2.05, 4.69) is 63.3 Å². The van der Waals surface area contributed by atoms with Crippen molar-refractivity contribution < 1.29 is 0 Å². The fraction of sp³-hybridized carbons (Fsp3) is 0.375. The SMILES string of the molecule is CCC1(c2cc(C)ccc2C)C=CC=CC1. The summed E-state index contributed by atoms with van der Waals surface area (Å²) < 4.78 is 0. The average Bonchev–Trinajstić information content (AvgIpc) is 2.33. The molecule has 0 radical (unpaired) electrons. The van der Waals surface area contributed by atoms with Crippen LogP contribution >= 0.6 is 0 Å². The number of rotatable bonds is 2. The van der Waals surface area contributed by atoms with Crippen molar-refractivity contribution in [3.05, 3.63) is 59.2 Å². The van der Waals surface area contributed by atoms with Crippen LogP contribution in [-0.2, 0) is 5.41 Å². The zero-order valence-electron chi connectivity index (χ0n) is 10.5. The Hall–Kier alpha value is -1.30. The molecule has 1 unspecified atom stereocenters. The molecule has 0 bridgehead atoms. The van der Waals surface area contributed by atoms with Gasteiger partial charge in [-0.1, -0.05) is 55.0 Å². The lowest BCUT2D eigenvalue weighted by atomic mass is 9.71. The minimum absolute atomic E-state index is 0.227. The molecule has 1 aromatic rings. The number of allylic oxidation sites excluding steroid dienone is 4. The molecule has 2 rings (SSSR count). The topological polar surface area (TPSA) is 0 Å². The van der Waals surface area contributed by atoms with E-state index < -0.39 is 0 Å². The molecule has 0 amide bonds. The predicted octanol–water partition coefficient (Wildman–Crippen LogP) is 4.47. The van der Waals surface area contributed by atoms with Crippen LogP contribution in [0.1, 0.15) is 36.5 Å². The third kappa shape index (κ3) is 1.84. The van der Waals surface area contributed by atoms with Gasteiger partial charge in [-0.2, -0.15) is 0 Å². The summed E-state index contributed by atoms with van der Waals surface area (Å²) >= 11 is 0. The molecule has 1 aliphatic rings. The van der Waals surface area contributed by atoms with Crippen LogP contribution in [0.15, 0.2) is 42.5 Å². The van der Waals surface area contributed by atoms with E-state index in [1.54, 1.807) is 0 Å². The Morgan fingerprint density at radius 2 is 2.00 bits per heavy atom. The number of hydrogen-bond acceptors (Lipinski definition) is 0. The van der Waals surface area contributed by atoms with Crippen LogP contribution < -0.4 is 0 Å². The molecule has 84 valence electrons. The molecule has 1 aliphatic carbocycles. The van der Waals surface area contributed by atoms with Crippen LogP contribution in [0.4, 0.5) is 0 Å². The normalized spacial score (nSPS) is 23.7. The van der Waals surface area contributed by atoms with Crippen molar-refractivity contribution in [2.75, 3.05) is 0 Å². The summed E-state index contributed by atoms with van der Waals surface area (Å²) in [6, 6.07) is 6.79. The smallest absolute Gasteiger partial charge is 0.0170 e. The van der Waals surface area contributed by atoms with E-state index in [9.17, 15) is 0 Å².